The van der Waals surface area contributed by atoms with Crippen molar-refractivity contribution in [1.82, 2.24) is 9.78 Å². The van der Waals surface area contributed by atoms with E-state index in [2.05, 4.69) is 10.4 Å². The number of rotatable bonds is 3. The molecule has 8 heteroatoms. The summed E-state index contributed by atoms with van der Waals surface area (Å²) in [6, 6.07) is 5.50. The normalized spacial score (nSPS) is 33.1. The third-order valence-corrected chi connectivity index (χ3v) is 7.24. The number of alkyl halides is 4. The van der Waals surface area contributed by atoms with Crippen LogP contribution >= 0.6 is 11.6 Å². The lowest BCUT2D eigenvalue weighted by Gasteiger charge is -2.59. The van der Waals surface area contributed by atoms with Crippen LogP contribution in [-0.4, -0.2) is 20.6 Å². The van der Waals surface area contributed by atoms with Crippen LogP contribution in [0.25, 0.3) is 5.69 Å². The van der Waals surface area contributed by atoms with E-state index in [9.17, 15) is 18.0 Å². The topological polar surface area (TPSA) is 46.9 Å². The van der Waals surface area contributed by atoms with Gasteiger partial charge in [0.05, 0.1) is 22.4 Å². The molecule has 2 atom stereocenters. The first-order valence-electron chi connectivity index (χ1n) is 9.88. The van der Waals surface area contributed by atoms with Crippen LogP contribution in [0.2, 0.25) is 0 Å². The summed E-state index contributed by atoms with van der Waals surface area (Å²) >= 11 is 6.78. The van der Waals surface area contributed by atoms with Crippen LogP contribution in [0.3, 0.4) is 0 Å². The Balaban J connectivity index is 1.46. The molecular weight excluding hydrogens is 403 g/mol. The molecule has 154 valence electrons. The highest BCUT2D eigenvalue weighted by atomic mass is 35.5. The first-order valence-corrected chi connectivity index (χ1v) is 10.3. The van der Waals surface area contributed by atoms with Crippen molar-refractivity contribution in [3.63, 3.8) is 0 Å². The fraction of sp³-hybridized carbons (Fsp3) is 0.524. The summed E-state index contributed by atoms with van der Waals surface area (Å²) in [5.74, 6) is 0.460. The van der Waals surface area contributed by atoms with Crippen LogP contribution in [0.1, 0.15) is 44.1 Å². The zero-order valence-corrected chi connectivity index (χ0v) is 16.4. The van der Waals surface area contributed by atoms with Gasteiger partial charge in [0.1, 0.15) is 0 Å². The summed E-state index contributed by atoms with van der Waals surface area (Å²) in [6.07, 6.45) is 3.36. The molecule has 0 aliphatic heterocycles. The van der Waals surface area contributed by atoms with Gasteiger partial charge in [-0.1, -0.05) is 0 Å². The predicted molar refractivity (Wildman–Crippen MR) is 103 cm³/mol. The van der Waals surface area contributed by atoms with Crippen molar-refractivity contribution in [2.24, 2.45) is 17.3 Å². The maximum absolute atomic E-state index is 13.7. The molecule has 4 fully saturated rings. The molecule has 1 aromatic heterocycles. The Morgan fingerprint density at radius 1 is 1.21 bits per heavy atom. The Morgan fingerprint density at radius 3 is 2.52 bits per heavy atom. The van der Waals surface area contributed by atoms with Gasteiger partial charge in [-0.2, -0.15) is 18.3 Å². The molecule has 1 amide bonds. The van der Waals surface area contributed by atoms with Crippen molar-refractivity contribution in [2.75, 3.05) is 5.32 Å². The number of aromatic nitrogens is 2. The number of carbonyl (C=O) groups is 1. The molecule has 2 unspecified atom stereocenters. The van der Waals surface area contributed by atoms with E-state index < -0.39 is 17.2 Å². The molecule has 4 aliphatic carbocycles. The summed E-state index contributed by atoms with van der Waals surface area (Å²) in [5.41, 5.74) is -1.45. The Kier molecular flexibility index (Phi) is 4.08. The largest absolute Gasteiger partial charge is 0.418 e. The Hall–Kier alpha value is -2.02. The molecule has 0 spiro atoms. The quantitative estimate of drug-likeness (QED) is 0.671. The lowest BCUT2D eigenvalue weighted by atomic mass is 9.49. The maximum Gasteiger partial charge on any atom is 0.418 e. The highest BCUT2D eigenvalue weighted by Crippen LogP contribution is 2.64. The van der Waals surface area contributed by atoms with Gasteiger partial charge >= 0.3 is 6.18 Å². The average molecular weight is 424 g/mol. The van der Waals surface area contributed by atoms with Gasteiger partial charge in [0.15, 0.2) is 0 Å². The van der Waals surface area contributed by atoms with Crippen molar-refractivity contribution in [1.29, 1.82) is 0 Å². The Labute approximate surface area is 171 Å². The van der Waals surface area contributed by atoms with E-state index >= 15 is 0 Å². The molecule has 0 radical (unpaired) electrons. The zero-order chi connectivity index (χ0) is 20.4. The molecule has 1 heterocycles. The molecule has 29 heavy (non-hydrogen) atoms. The lowest BCUT2D eigenvalue weighted by Crippen LogP contribution is -2.57. The minimum absolute atomic E-state index is 0.210. The van der Waals surface area contributed by atoms with Crippen LogP contribution < -0.4 is 5.32 Å². The van der Waals surface area contributed by atoms with Gasteiger partial charge in [-0.05, 0) is 74.6 Å². The van der Waals surface area contributed by atoms with Crippen LogP contribution in [0.5, 0.6) is 0 Å². The number of nitrogens with one attached hydrogen (secondary N) is 1. The summed E-state index contributed by atoms with van der Waals surface area (Å²) < 4.78 is 42.6. The Morgan fingerprint density at radius 2 is 1.93 bits per heavy atom. The first-order chi connectivity index (χ1) is 13.7. The minimum atomic E-state index is -4.60. The first kappa shape index (κ1) is 19.0. The third-order valence-electron chi connectivity index (χ3n) is 6.80. The van der Waals surface area contributed by atoms with Crippen molar-refractivity contribution < 1.29 is 18.0 Å². The number of benzene rings is 1. The van der Waals surface area contributed by atoms with Gasteiger partial charge in [-0.15, -0.1) is 11.6 Å². The fourth-order valence-corrected chi connectivity index (χ4v) is 6.80. The standard InChI is InChI=1S/C21H21ClF3N3O/c22-20-10-13-6-14(11-20)9-19(8-13,12-20)18(29)27-17-3-2-15(28-5-1-4-26-28)7-16(17)21(23,24)25/h1-5,7,13-14H,6,8-12H2,(H,27,29). The second-order valence-electron chi connectivity index (χ2n) is 9.02. The number of amides is 1. The number of hydrogen-bond donors (Lipinski definition) is 1. The van der Waals surface area contributed by atoms with Crippen LogP contribution in [-0.2, 0) is 11.0 Å². The van der Waals surface area contributed by atoms with Gasteiger partial charge in [-0.3, -0.25) is 4.79 Å². The van der Waals surface area contributed by atoms with Gasteiger partial charge in [0.25, 0.3) is 0 Å². The molecule has 4 aliphatic rings. The molecule has 4 nitrogen and oxygen atoms in total. The summed E-state index contributed by atoms with van der Waals surface area (Å²) in [5, 5.41) is 6.60. The molecule has 6 rings (SSSR count). The molecular formula is C21H21ClF3N3O. The highest BCUT2D eigenvalue weighted by Gasteiger charge is 2.60. The lowest BCUT2D eigenvalue weighted by molar-refractivity contribution is -0.139. The zero-order valence-electron chi connectivity index (χ0n) is 15.7. The highest BCUT2D eigenvalue weighted by molar-refractivity contribution is 6.24. The number of hydrogen-bond acceptors (Lipinski definition) is 2. The van der Waals surface area contributed by atoms with E-state index in [1.807, 2.05) is 0 Å². The van der Waals surface area contributed by atoms with Crippen molar-refractivity contribution >= 4 is 23.2 Å². The summed E-state index contributed by atoms with van der Waals surface area (Å²) in [7, 11) is 0. The van der Waals surface area contributed by atoms with E-state index in [-0.39, 0.29) is 22.2 Å². The van der Waals surface area contributed by atoms with Gasteiger partial charge < -0.3 is 5.32 Å². The fourth-order valence-electron chi connectivity index (χ4n) is 6.11. The van der Waals surface area contributed by atoms with E-state index in [0.717, 1.165) is 38.2 Å². The second kappa shape index (κ2) is 6.24. The average Bonchev–Trinajstić information content (AvgIpc) is 3.13. The second-order valence-corrected chi connectivity index (χ2v) is 9.83. The monoisotopic (exact) mass is 423 g/mol. The number of carbonyl (C=O) groups excluding carboxylic acids is 1. The summed E-state index contributed by atoms with van der Waals surface area (Å²) in [4.78, 5) is 12.9. The number of nitrogens with zero attached hydrogens (tertiary/aromatic N) is 2. The van der Waals surface area contributed by atoms with E-state index in [1.54, 1.807) is 12.3 Å². The van der Waals surface area contributed by atoms with Gasteiger partial charge in [0, 0.05) is 17.3 Å². The Bertz CT molecular complexity index is 943. The van der Waals surface area contributed by atoms with Crippen molar-refractivity contribution in [3.05, 3.63) is 42.2 Å². The minimum Gasteiger partial charge on any atom is -0.325 e. The van der Waals surface area contributed by atoms with Crippen molar-refractivity contribution in [2.45, 2.75) is 49.6 Å². The molecule has 0 saturated heterocycles. The maximum atomic E-state index is 13.7. The van der Waals surface area contributed by atoms with Gasteiger partial charge in [0.2, 0.25) is 5.91 Å². The van der Waals surface area contributed by atoms with Gasteiger partial charge in [-0.25, -0.2) is 4.68 Å². The molecule has 1 N–H and O–H groups in total. The van der Waals surface area contributed by atoms with E-state index in [0.29, 0.717) is 18.3 Å². The number of anilines is 1. The van der Waals surface area contributed by atoms with Crippen LogP contribution in [0.4, 0.5) is 18.9 Å². The third kappa shape index (κ3) is 3.23. The smallest absolute Gasteiger partial charge is 0.325 e. The SMILES string of the molecule is O=C(Nc1ccc(-n2cccn2)cc1C(F)(F)F)C12CC3CC(CC(Cl)(C3)C1)C2. The predicted octanol–water partition coefficient (Wildman–Crippen LogP) is 5.41. The van der Waals surface area contributed by atoms with Crippen LogP contribution in [0, 0.1) is 17.3 Å². The van der Waals surface area contributed by atoms with Crippen molar-refractivity contribution in [3.8, 4) is 5.69 Å². The number of halogens is 4. The molecule has 2 aromatic rings. The molecule has 4 saturated carbocycles. The molecule has 4 bridgehead atoms. The van der Waals surface area contributed by atoms with E-state index in [4.69, 9.17) is 11.6 Å². The van der Waals surface area contributed by atoms with Crippen LogP contribution in [0.15, 0.2) is 36.7 Å². The molecule has 1 aromatic carbocycles. The van der Waals surface area contributed by atoms with E-state index in [1.165, 1.54) is 23.0 Å². The summed E-state index contributed by atoms with van der Waals surface area (Å²) in [6.45, 7) is 0.